The van der Waals surface area contributed by atoms with Crippen LogP contribution in [-0.4, -0.2) is 10.9 Å². The first kappa shape index (κ1) is 21.2. The number of rotatable bonds is 9. The molecule has 4 rings (SSSR count). The van der Waals surface area contributed by atoms with Gasteiger partial charge in [-0.1, -0.05) is 72.8 Å². The largest absolute Gasteiger partial charge is 0.489 e. The molecule has 1 aromatic heterocycles. The fourth-order valence-electron chi connectivity index (χ4n) is 3.37. The number of hydrogen-bond donors (Lipinski definition) is 1. The van der Waals surface area contributed by atoms with Crippen LogP contribution in [0.1, 0.15) is 22.5 Å². The van der Waals surface area contributed by atoms with Crippen molar-refractivity contribution in [3.05, 3.63) is 126 Å². The molecule has 2 amide bonds. The lowest BCUT2D eigenvalue weighted by Gasteiger charge is -2.23. The lowest BCUT2D eigenvalue weighted by atomic mass is 10.2. The summed E-state index contributed by atoms with van der Waals surface area (Å²) in [6, 6.07) is 31.3. The Labute approximate surface area is 188 Å². The van der Waals surface area contributed by atoms with E-state index in [0.717, 1.165) is 28.2 Å². The van der Waals surface area contributed by atoms with E-state index in [1.54, 1.807) is 11.2 Å². The number of furan rings is 1. The van der Waals surface area contributed by atoms with Gasteiger partial charge < -0.3 is 19.4 Å². The molecule has 5 heteroatoms. The van der Waals surface area contributed by atoms with E-state index in [1.165, 1.54) is 0 Å². The minimum Gasteiger partial charge on any atom is -0.489 e. The van der Waals surface area contributed by atoms with Crippen molar-refractivity contribution in [3.63, 3.8) is 0 Å². The summed E-state index contributed by atoms with van der Waals surface area (Å²) in [7, 11) is 0. The lowest BCUT2D eigenvalue weighted by Crippen LogP contribution is -2.38. The molecule has 1 heterocycles. The Morgan fingerprint density at radius 1 is 0.781 bits per heavy atom. The molecule has 0 aliphatic heterocycles. The molecule has 0 spiro atoms. The Bertz CT molecular complexity index is 1100. The molecule has 0 radical (unpaired) electrons. The number of benzene rings is 3. The Balaban J connectivity index is 1.42. The van der Waals surface area contributed by atoms with Crippen molar-refractivity contribution < 1.29 is 13.9 Å². The molecule has 0 bridgehead atoms. The standard InChI is InChI=1S/C27H26N2O3/c30-27(28-18-22-9-3-1-4-10-22)29(20-26-15-8-16-31-26)19-24-13-7-14-25(17-24)32-21-23-11-5-2-6-12-23/h1-17H,18-21H2,(H,28,30). The zero-order chi connectivity index (χ0) is 22.0. The quantitative estimate of drug-likeness (QED) is 0.370. The smallest absolute Gasteiger partial charge is 0.318 e. The monoisotopic (exact) mass is 426 g/mol. The van der Waals surface area contributed by atoms with E-state index in [9.17, 15) is 4.79 Å². The van der Waals surface area contributed by atoms with Gasteiger partial charge in [-0.3, -0.25) is 0 Å². The Morgan fingerprint density at radius 3 is 2.22 bits per heavy atom. The summed E-state index contributed by atoms with van der Waals surface area (Å²) >= 11 is 0. The van der Waals surface area contributed by atoms with Gasteiger partial charge in [0.25, 0.3) is 0 Å². The molecule has 32 heavy (non-hydrogen) atoms. The van der Waals surface area contributed by atoms with Crippen LogP contribution in [0.5, 0.6) is 5.75 Å². The predicted octanol–water partition coefficient (Wildman–Crippen LogP) is 5.77. The molecule has 5 nitrogen and oxygen atoms in total. The summed E-state index contributed by atoms with van der Waals surface area (Å²) in [5.41, 5.74) is 3.14. The van der Waals surface area contributed by atoms with Crippen molar-refractivity contribution in [2.24, 2.45) is 0 Å². The molecule has 1 N–H and O–H groups in total. The van der Waals surface area contributed by atoms with Gasteiger partial charge in [-0.05, 0) is 41.0 Å². The van der Waals surface area contributed by atoms with Crippen LogP contribution in [0.4, 0.5) is 4.79 Å². The third-order valence-electron chi connectivity index (χ3n) is 5.02. The number of carbonyl (C=O) groups excluding carboxylic acids is 1. The summed E-state index contributed by atoms with van der Waals surface area (Å²) in [6.45, 7) is 1.78. The first-order valence-electron chi connectivity index (χ1n) is 10.6. The molecule has 3 aromatic carbocycles. The van der Waals surface area contributed by atoms with Gasteiger partial charge in [-0.15, -0.1) is 0 Å². The van der Waals surface area contributed by atoms with E-state index < -0.39 is 0 Å². The summed E-state index contributed by atoms with van der Waals surface area (Å²) in [6.07, 6.45) is 1.62. The fraction of sp³-hybridized carbons (Fsp3) is 0.148. The SMILES string of the molecule is O=C(NCc1ccccc1)N(Cc1cccc(OCc2ccccc2)c1)Cc1ccco1. The van der Waals surface area contributed by atoms with E-state index in [2.05, 4.69) is 5.32 Å². The maximum Gasteiger partial charge on any atom is 0.318 e. The molecule has 0 saturated heterocycles. The van der Waals surface area contributed by atoms with Gasteiger partial charge in [-0.25, -0.2) is 4.79 Å². The average Bonchev–Trinajstić information content (AvgIpc) is 3.36. The maximum atomic E-state index is 13.0. The number of ether oxygens (including phenoxy) is 1. The van der Waals surface area contributed by atoms with Gasteiger partial charge >= 0.3 is 6.03 Å². The topological polar surface area (TPSA) is 54.7 Å². The summed E-state index contributed by atoms with van der Waals surface area (Å²) in [4.78, 5) is 14.7. The van der Waals surface area contributed by atoms with Crippen molar-refractivity contribution in [1.82, 2.24) is 10.2 Å². The highest BCUT2D eigenvalue weighted by molar-refractivity contribution is 5.74. The molecular weight excluding hydrogens is 400 g/mol. The van der Waals surface area contributed by atoms with Crippen LogP contribution in [0.2, 0.25) is 0 Å². The highest BCUT2D eigenvalue weighted by atomic mass is 16.5. The number of nitrogens with one attached hydrogen (secondary N) is 1. The van der Waals surface area contributed by atoms with Gasteiger partial charge in [0, 0.05) is 13.1 Å². The van der Waals surface area contributed by atoms with Crippen LogP contribution < -0.4 is 10.1 Å². The Kier molecular flexibility index (Phi) is 7.21. The van der Waals surface area contributed by atoms with Crippen LogP contribution in [0, 0.1) is 0 Å². The highest BCUT2D eigenvalue weighted by Gasteiger charge is 2.16. The Morgan fingerprint density at radius 2 is 1.50 bits per heavy atom. The van der Waals surface area contributed by atoms with Gasteiger partial charge in [0.15, 0.2) is 0 Å². The third kappa shape index (κ3) is 6.25. The van der Waals surface area contributed by atoms with E-state index >= 15 is 0 Å². The molecule has 0 aliphatic rings. The summed E-state index contributed by atoms with van der Waals surface area (Å²) < 4.78 is 11.4. The molecule has 0 atom stereocenters. The summed E-state index contributed by atoms with van der Waals surface area (Å²) in [5, 5.41) is 3.01. The van der Waals surface area contributed by atoms with Crippen molar-refractivity contribution in [1.29, 1.82) is 0 Å². The average molecular weight is 427 g/mol. The van der Waals surface area contributed by atoms with Gasteiger partial charge in [0.1, 0.15) is 18.1 Å². The zero-order valence-electron chi connectivity index (χ0n) is 17.8. The van der Waals surface area contributed by atoms with Crippen LogP contribution in [0.3, 0.4) is 0 Å². The normalized spacial score (nSPS) is 10.5. The van der Waals surface area contributed by atoms with Crippen molar-refractivity contribution >= 4 is 6.03 Å². The number of amides is 2. The Hall–Kier alpha value is -3.99. The maximum absolute atomic E-state index is 13.0. The van der Waals surface area contributed by atoms with Crippen LogP contribution in [0.25, 0.3) is 0 Å². The van der Waals surface area contributed by atoms with Crippen molar-refractivity contribution in [2.75, 3.05) is 0 Å². The van der Waals surface area contributed by atoms with E-state index in [0.29, 0.717) is 26.2 Å². The van der Waals surface area contributed by atoms with Crippen LogP contribution in [0.15, 0.2) is 108 Å². The molecule has 0 aliphatic carbocycles. The second kappa shape index (κ2) is 10.9. The molecule has 162 valence electrons. The molecular formula is C27H26N2O3. The predicted molar refractivity (Wildman–Crippen MR) is 124 cm³/mol. The van der Waals surface area contributed by atoms with Gasteiger partial charge in [0.2, 0.25) is 0 Å². The first-order chi connectivity index (χ1) is 15.8. The number of carbonyl (C=O) groups is 1. The number of nitrogens with zero attached hydrogens (tertiary/aromatic N) is 1. The number of urea groups is 1. The molecule has 0 fully saturated rings. The fourth-order valence-corrected chi connectivity index (χ4v) is 3.37. The highest BCUT2D eigenvalue weighted by Crippen LogP contribution is 2.18. The van der Waals surface area contributed by atoms with Crippen LogP contribution in [-0.2, 0) is 26.2 Å². The van der Waals surface area contributed by atoms with E-state index in [1.807, 2.05) is 97.1 Å². The van der Waals surface area contributed by atoms with Gasteiger partial charge in [-0.2, -0.15) is 0 Å². The summed E-state index contributed by atoms with van der Waals surface area (Å²) in [5.74, 6) is 1.50. The molecule has 0 saturated carbocycles. The van der Waals surface area contributed by atoms with Crippen molar-refractivity contribution in [3.8, 4) is 5.75 Å². The minimum absolute atomic E-state index is 0.152. The van der Waals surface area contributed by atoms with E-state index in [-0.39, 0.29) is 6.03 Å². The van der Waals surface area contributed by atoms with Gasteiger partial charge in [0.05, 0.1) is 12.8 Å². The second-order valence-corrected chi connectivity index (χ2v) is 7.50. The second-order valence-electron chi connectivity index (χ2n) is 7.50. The zero-order valence-corrected chi connectivity index (χ0v) is 17.8. The first-order valence-corrected chi connectivity index (χ1v) is 10.6. The lowest BCUT2D eigenvalue weighted by molar-refractivity contribution is 0.186. The van der Waals surface area contributed by atoms with Crippen LogP contribution >= 0.6 is 0 Å². The minimum atomic E-state index is -0.152. The third-order valence-corrected chi connectivity index (χ3v) is 5.02. The van der Waals surface area contributed by atoms with E-state index in [4.69, 9.17) is 9.15 Å². The van der Waals surface area contributed by atoms with Crippen molar-refractivity contribution in [2.45, 2.75) is 26.2 Å². The molecule has 4 aromatic rings. The number of hydrogen-bond acceptors (Lipinski definition) is 3. The molecule has 0 unspecified atom stereocenters.